The zero-order chi connectivity index (χ0) is 29.0. The van der Waals surface area contributed by atoms with Gasteiger partial charge in [-0.2, -0.15) is 15.2 Å². The fourth-order valence-corrected chi connectivity index (χ4v) is 4.71. The molecule has 0 atom stereocenters. The first-order valence-electron chi connectivity index (χ1n) is 14.1. The molecule has 1 aliphatic rings. The van der Waals surface area contributed by atoms with E-state index >= 15 is 0 Å². The van der Waals surface area contributed by atoms with Gasteiger partial charge in [0.15, 0.2) is 11.6 Å². The Labute approximate surface area is 247 Å². The molecule has 4 aromatic heterocycles. The molecular weight excluding hydrogens is 538 g/mol. The van der Waals surface area contributed by atoms with E-state index in [1.54, 1.807) is 6.33 Å². The Balaban J connectivity index is 0.000000153. The molecule has 8 rings (SSSR count). The SMILES string of the molecule is Cc1cc(Nc2ncnc3ccccc23)n[nH]1.c1ccc(Nc2nc(Nc3cc(C4CC4)[nH]n3)c3ccccc3n2)cc1. The van der Waals surface area contributed by atoms with Crippen LogP contribution in [-0.2, 0) is 0 Å². The molecule has 11 nitrogen and oxygen atoms in total. The second-order valence-electron chi connectivity index (χ2n) is 10.3. The third kappa shape index (κ3) is 6.10. The van der Waals surface area contributed by atoms with Crippen molar-refractivity contribution in [3.8, 4) is 0 Å². The molecule has 212 valence electrons. The van der Waals surface area contributed by atoms with E-state index < -0.39 is 0 Å². The van der Waals surface area contributed by atoms with Crippen LogP contribution in [0.2, 0.25) is 0 Å². The van der Waals surface area contributed by atoms with Gasteiger partial charge >= 0.3 is 0 Å². The van der Waals surface area contributed by atoms with Crippen LogP contribution >= 0.6 is 0 Å². The molecule has 1 aliphatic carbocycles. The molecule has 5 N–H and O–H groups in total. The fraction of sp³-hybridized carbons (Fsp3) is 0.125. The van der Waals surface area contributed by atoms with Crippen molar-refractivity contribution in [2.45, 2.75) is 25.7 Å². The lowest BCUT2D eigenvalue weighted by Crippen LogP contribution is -2.02. The molecule has 0 unspecified atom stereocenters. The van der Waals surface area contributed by atoms with E-state index in [2.05, 4.69) is 62.3 Å². The molecule has 43 heavy (non-hydrogen) atoms. The predicted molar refractivity (Wildman–Crippen MR) is 169 cm³/mol. The Morgan fingerprint density at radius 1 is 0.651 bits per heavy atom. The van der Waals surface area contributed by atoms with E-state index in [9.17, 15) is 0 Å². The third-order valence-electron chi connectivity index (χ3n) is 6.99. The number of hydrogen-bond donors (Lipinski definition) is 5. The van der Waals surface area contributed by atoms with Gasteiger partial charge in [-0.1, -0.05) is 42.5 Å². The van der Waals surface area contributed by atoms with Gasteiger partial charge in [0.1, 0.15) is 18.0 Å². The molecule has 1 saturated carbocycles. The van der Waals surface area contributed by atoms with Crippen molar-refractivity contribution in [1.29, 1.82) is 0 Å². The Hall–Kier alpha value is -5.84. The second kappa shape index (κ2) is 11.6. The van der Waals surface area contributed by atoms with Gasteiger partial charge in [0.05, 0.1) is 11.0 Å². The maximum atomic E-state index is 4.67. The van der Waals surface area contributed by atoms with Crippen molar-refractivity contribution in [3.63, 3.8) is 0 Å². The fourth-order valence-electron chi connectivity index (χ4n) is 4.71. The number of para-hydroxylation sites is 3. The van der Waals surface area contributed by atoms with Crippen molar-refractivity contribution in [1.82, 2.24) is 40.3 Å². The molecule has 11 heteroatoms. The lowest BCUT2D eigenvalue weighted by Gasteiger charge is -2.10. The Bertz CT molecular complexity index is 1990. The summed E-state index contributed by atoms with van der Waals surface area (Å²) >= 11 is 0. The molecule has 3 aromatic carbocycles. The highest BCUT2D eigenvalue weighted by molar-refractivity contribution is 5.92. The normalized spacial score (nSPS) is 12.5. The lowest BCUT2D eigenvalue weighted by atomic mass is 10.2. The molecule has 0 bridgehead atoms. The zero-order valence-electron chi connectivity index (χ0n) is 23.4. The van der Waals surface area contributed by atoms with Crippen molar-refractivity contribution in [2.75, 3.05) is 16.0 Å². The maximum absolute atomic E-state index is 4.67. The summed E-state index contributed by atoms with van der Waals surface area (Å²) < 4.78 is 0. The number of nitrogens with one attached hydrogen (secondary N) is 5. The van der Waals surface area contributed by atoms with Crippen molar-refractivity contribution >= 4 is 56.7 Å². The number of benzene rings is 3. The number of nitrogens with zero attached hydrogens (tertiary/aromatic N) is 6. The van der Waals surface area contributed by atoms with Crippen LogP contribution in [0, 0.1) is 6.92 Å². The van der Waals surface area contributed by atoms with Crippen molar-refractivity contribution in [3.05, 3.63) is 109 Å². The summed E-state index contributed by atoms with van der Waals surface area (Å²) in [6, 6.07) is 29.7. The van der Waals surface area contributed by atoms with Crippen LogP contribution in [-0.4, -0.2) is 40.3 Å². The van der Waals surface area contributed by atoms with Crippen LogP contribution < -0.4 is 16.0 Å². The van der Waals surface area contributed by atoms with Gasteiger partial charge in [-0.05, 0) is 56.2 Å². The number of hydrogen-bond acceptors (Lipinski definition) is 9. The van der Waals surface area contributed by atoms with Gasteiger partial charge in [-0.3, -0.25) is 10.2 Å². The van der Waals surface area contributed by atoms with Gasteiger partial charge in [-0.25, -0.2) is 15.0 Å². The molecule has 0 aliphatic heterocycles. The topological polar surface area (TPSA) is 145 Å². The number of rotatable bonds is 7. The van der Waals surface area contributed by atoms with E-state index in [1.807, 2.05) is 91.9 Å². The highest BCUT2D eigenvalue weighted by Crippen LogP contribution is 2.40. The Morgan fingerprint density at radius 3 is 2.09 bits per heavy atom. The van der Waals surface area contributed by atoms with E-state index in [0.29, 0.717) is 11.9 Å². The number of aryl methyl sites for hydroxylation is 1. The van der Waals surface area contributed by atoms with Gasteiger partial charge < -0.3 is 16.0 Å². The first-order valence-corrected chi connectivity index (χ1v) is 14.1. The summed E-state index contributed by atoms with van der Waals surface area (Å²) in [6.07, 6.45) is 4.02. The van der Waals surface area contributed by atoms with Gasteiger partial charge in [0.2, 0.25) is 5.95 Å². The van der Waals surface area contributed by atoms with Crippen molar-refractivity contribution in [2.24, 2.45) is 0 Å². The van der Waals surface area contributed by atoms with Crippen LogP contribution in [0.5, 0.6) is 0 Å². The van der Waals surface area contributed by atoms with Gasteiger partial charge in [0.25, 0.3) is 0 Å². The van der Waals surface area contributed by atoms with Crippen LogP contribution in [0.25, 0.3) is 21.8 Å². The summed E-state index contributed by atoms with van der Waals surface area (Å²) in [5.74, 6) is 4.23. The lowest BCUT2D eigenvalue weighted by molar-refractivity contribution is 0.966. The summed E-state index contributed by atoms with van der Waals surface area (Å²) in [5.41, 5.74) is 4.93. The van der Waals surface area contributed by atoms with Crippen LogP contribution in [0.1, 0.15) is 30.1 Å². The molecule has 0 spiro atoms. The standard InChI is InChI=1S/C20H18N6.C12H11N5/c1-2-6-14(7-3-1)21-20-22-16-9-5-4-8-15(16)19(24-20)23-18-12-17(25-26-18)13-10-11-13;1-8-6-11(17-16-8)15-12-9-4-2-3-5-10(9)13-7-14-12/h1-9,12-13H,10-11H2,(H3,21,22,23,24,25,26);2-7H,1H3,(H2,13,14,15,16,17). The van der Waals surface area contributed by atoms with E-state index in [0.717, 1.165) is 56.5 Å². The van der Waals surface area contributed by atoms with E-state index in [1.165, 1.54) is 18.5 Å². The second-order valence-corrected chi connectivity index (χ2v) is 10.3. The van der Waals surface area contributed by atoms with Gasteiger partial charge in [0, 0.05) is 45.9 Å². The zero-order valence-corrected chi connectivity index (χ0v) is 23.4. The predicted octanol–water partition coefficient (Wildman–Crippen LogP) is 7.12. The highest BCUT2D eigenvalue weighted by Gasteiger charge is 2.25. The number of H-pyrrole nitrogens is 2. The smallest absolute Gasteiger partial charge is 0.229 e. The van der Waals surface area contributed by atoms with Crippen LogP contribution in [0.4, 0.5) is 34.9 Å². The maximum Gasteiger partial charge on any atom is 0.229 e. The number of aromatic amines is 2. The Morgan fingerprint density at radius 2 is 1.33 bits per heavy atom. The number of fused-ring (bicyclic) bond motifs is 2. The number of anilines is 6. The first-order chi connectivity index (χ1) is 21.2. The first kappa shape index (κ1) is 26.1. The molecule has 1 fully saturated rings. The molecule has 0 radical (unpaired) electrons. The average Bonchev–Trinajstić information content (AvgIpc) is 3.65. The largest absolute Gasteiger partial charge is 0.324 e. The summed E-state index contributed by atoms with van der Waals surface area (Å²) in [6.45, 7) is 1.95. The molecule has 7 aromatic rings. The Kier molecular flexibility index (Phi) is 7.02. The van der Waals surface area contributed by atoms with E-state index in [4.69, 9.17) is 0 Å². The highest BCUT2D eigenvalue weighted by atomic mass is 15.2. The quantitative estimate of drug-likeness (QED) is 0.136. The minimum atomic E-state index is 0.551. The summed E-state index contributed by atoms with van der Waals surface area (Å²) in [7, 11) is 0. The molecule has 0 amide bonds. The minimum absolute atomic E-state index is 0.551. The van der Waals surface area contributed by atoms with Crippen LogP contribution in [0.3, 0.4) is 0 Å². The molecular formula is C32H29N11. The van der Waals surface area contributed by atoms with E-state index in [-0.39, 0.29) is 0 Å². The molecule has 4 heterocycles. The summed E-state index contributed by atoms with van der Waals surface area (Å²) in [5, 5.41) is 26.2. The van der Waals surface area contributed by atoms with Gasteiger partial charge in [-0.15, -0.1) is 0 Å². The minimum Gasteiger partial charge on any atom is -0.324 e. The monoisotopic (exact) mass is 567 g/mol. The number of aromatic nitrogens is 8. The van der Waals surface area contributed by atoms with Crippen molar-refractivity contribution < 1.29 is 0 Å². The van der Waals surface area contributed by atoms with Crippen LogP contribution in [0.15, 0.2) is 97.3 Å². The summed E-state index contributed by atoms with van der Waals surface area (Å²) in [4.78, 5) is 17.7. The third-order valence-corrected chi connectivity index (χ3v) is 6.99. The average molecular weight is 568 g/mol. The molecule has 0 saturated heterocycles.